The van der Waals surface area contributed by atoms with Crippen LogP contribution in [0.25, 0.3) is 0 Å². The Balaban J connectivity index is 1.22. The van der Waals surface area contributed by atoms with E-state index in [2.05, 4.69) is 44.8 Å². The molecule has 2 heterocycles. The van der Waals surface area contributed by atoms with Crippen molar-refractivity contribution in [3.63, 3.8) is 0 Å². The van der Waals surface area contributed by atoms with Crippen LogP contribution in [-0.4, -0.2) is 69.6 Å². The van der Waals surface area contributed by atoms with Gasteiger partial charge in [-0.2, -0.15) is 0 Å². The Kier molecular flexibility index (Phi) is 5.15. The standard InChI is InChI=1S/C19H26N6O/c26-19(20-7-9-25-10-8-21-22-25)24-13-11-23(12-14-24)18-6-5-16-3-1-2-4-17(16)15-18/h1-4,8,10,18H,5-7,9,11-15H2,(H,20,26)/t18-/m0/s1. The lowest BCUT2D eigenvalue weighted by Gasteiger charge is -2.41. The minimum Gasteiger partial charge on any atom is -0.336 e. The summed E-state index contributed by atoms with van der Waals surface area (Å²) in [6.07, 6.45) is 6.98. The average Bonchev–Trinajstić information content (AvgIpc) is 3.21. The molecule has 7 nitrogen and oxygen atoms in total. The molecule has 2 aliphatic rings. The summed E-state index contributed by atoms with van der Waals surface area (Å²) in [4.78, 5) is 16.8. The first-order valence-corrected chi connectivity index (χ1v) is 9.47. The Hall–Kier alpha value is -2.41. The highest BCUT2D eigenvalue weighted by molar-refractivity contribution is 5.74. The van der Waals surface area contributed by atoms with Crippen LogP contribution in [0.4, 0.5) is 4.79 Å². The molecule has 26 heavy (non-hydrogen) atoms. The topological polar surface area (TPSA) is 66.3 Å². The van der Waals surface area contributed by atoms with E-state index in [1.807, 2.05) is 4.90 Å². The van der Waals surface area contributed by atoms with E-state index in [9.17, 15) is 4.79 Å². The van der Waals surface area contributed by atoms with Crippen molar-refractivity contribution in [3.05, 3.63) is 47.8 Å². The quantitative estimate of drug-likeness (QED) is 0.895. The third-order valence-corrected chi connectivity index (χ3v) is 5.53. The molecule has 2 amide bonds. The highest BCUT2D eigenvalue weighted by atomic mass is 16.2. The van der Waals surface area contributed by atoms with Gasteiger partial charge in [0.15, 0.2) is 0 Å². The number of carbonyl (C=O) groups excluding carboxylic acids is 1. The fourth-order valence-corrected chi connectivity index (χ4v) is 4.02. The molecule has 7 heteroatoms. The lowest BCUT2D eigenvalue weighted by Crippen LogP contribution is -2.55. The molecule has 1 aromatic heterocycles. The molecule has 0 radical (unpaired) electrons. The van der Waals surface area contributed by atoms with Crippen molar-refractivity contribution in [2.24, 2.45) is 0 Å². The second-order valence-corrected chi connectivity index (χ2v) is 7.09. The van der Waals surface area contributed by atoms with Crippen LogP contribution in [0, 0.1) is 0 Å². The summed E-state index contributed by atoms with van der Waals surface area (Å²) < 4.78 is 1.72. The molecular formula is C19H26N6O. The number of urea groups is 1. The second kappa shape index (κ2) is 7.86. The predicted molar refractivity (Wildman–Crippen MR) is 98.8 cm³/mol. The molecule has 0 spiro atoms. The number of aromatic nitrogens is 3. The smallest absolute Gasteiger partial charge is 0.317 e. The molecule has 0 bridgehead atoms. The first-order valence-electron chi connectivity index (χ1n) is 9.47. The van der Waals surface area contributed by atoms with Crippen molar-refractivity contribution in [1.29, 1.82) is 0 Å². The van der Waals surface area contributed by atoms with Gasteiger partial charge in [0, 0.05) is 45.0 Å². The maximum atomic E-state index is 12.3. The number of benzene rings is 1. The Morgan fingerprint density at radius 1 is 1.15 bits per heavy atom. The molecular weight excluding hydrogens is 328 g/mol. The average molecular weight is 354 g/mol. The van der Waals surface area contributed by atoms with Crippen molar-refractivity contribution in [1.82, 2.24) is 30.1 Å². The molecule has 1 fully saturated rings. The fraction of sp³-hybridized carbons (Fsp3) is 0.526. The Morgan fingerprint density at radius 3 is 2.73 bits per heavy atom. The molecule has 1 aliphatic carbocycles. The third-order valence-electron chi connectivity index (χ3n) is 5.53. The molecule has 0 saturated carbocycles. The minimum absolute atomic E-state index is 0.0266. The summed E-state index contributed by atoms with van der Waals surface area (Å²) in [5, 5.41) is 10.6. The van der Waals surface area contributed by atoms with Crippen molar-refractivity contribution < 1.29 is 4.79 Å². The van der Waals surface area contributed by atoms with Gasteiger partial charge < -0.3 is 10.2 Å². The number of amides is 2. The van der Waals surface area contributed by atoms with E-state index in [1.165, 1.54) is 24.0 Å². The highest BCUT2D eigenvalue weighted by Gasteiger charge is 2.28. The van der Waals surface area contributed by atoms with E-state index in [1.54, 1.807) is 17.1 Å². The molecule has 0 unspecified atom stereocenters. The van der Waals surface area contributed by atoms with E-state index in [-0.39, 0.29) is 6.03 Å². The Morgan fingerprint density at radius 2 is 1.96 bits per heavy atom. The molecule has 1 N–H and O–H groups in total. The zero-order valence-electron chi connectivity index (χ0n) is 15.0. The summed E-state index contributed by atoms with van der Waals surface area (Å²) in [5.74, 6) is 0. The van der Waals surface area contributed by atoms with Gasteiger partial charge in [-0.3, -0.25) is 9.58 Å². The first-order chi connectivity index (χ1) is 12.8. The van der Waals surface area contributed by atoms with E-state index in [4.69, 9.17) is 0 Å². The second-order valence-electron chi connectivity index (χ2n) is 7.09. The summed E-state index contributed by atoms with van der Waals surface area (Å²) >= 11 is 0. The van der Waals surface area contributed by atoms with Gasteiger partial charge >= 0.3 is 6.03 Å². The van der Waals surface area contributed by atoms with Crippen molar-refractivity contribution in [2.75, 3.05) is 32.7 Å². The zero-order valence-corrected chi connectivity index (χ0v) is 15.0. The van der Waals surface area contributed by atoms with Crippen LogP contribution in [0.1, 0.15) is 17.5 Å². The van der Waals surface area contributed by atoms with Crippen LogP contribution in [-0.2, 0) is 19.4 Å². The van der Waals surface area contributed by atoms with Crippen LogP contribution in [0.3, 0.4) is 0 Å². The van der Waals surface area contributed by atoms with Gasteiger partial charge in [-0.15, -0.1) is 5.10 Å². The normalized spacial score (nSPS) is 20.6. The van der Waals surface area contributed by atoms with Crippen LogP contribution < -0.4 is 5.32 Å². The summed E-state index contributed by atoms with van der Waals surface area (Å²) in [5.41, 5.74) is 3.01. The number of carbonyl (C=O) groups is 1. The highest BCUT2D eigenvalue weighted by Crippen LogP contribution is 2.25. The lowest BCUT2D eigenvalue weighted by atomic mass is 9.87. The van der Waals surface area contributed by atoms with E-state index in [0.29, 0.717) is 19.1 Å². The summed E-state index contributed by atoms with van der Waals surface area (Å²) in [7, 11) is 0. The Bertz CT molecular complexity index is 723. The van der Waals surface area contributed by atoms with Crippen LogP contribution in [0.15, 0.2) is 36.7 Å². The molecule has 1 aromatic carbocycles. The largest absolute Gasteiger partial charge is 0.336 e. The maximum Gasteiger partial charge on any atom is 0.317 e. The first kappa shape index (κ1) is 17.0. The number of fused-ring (bicyclic) bond motifs is 1. The molecule has 4 rings (SSSR count). The molecule has 1 aliphatic heterocycles. The minimum atomic E-state index is 0.0266. The van der Waals surface area contributed by atoms with Gasteiger partial charge in [-0.05, 0) is 30.4 Å². The van der Waals surface area contributed by atoms with Crippen molar-refractivity contribution >= 4 is 6.03 Å². The molecule has 1 atom stereocenters. The van der Waals surface area contributed by atoms with Crippen LogP contribution in [0.5, 0.6) is 0 Å². The number of nitrogens with zero attached hydrogens (tertiary/aromatic N) is 5. The predicted octanol–water partition coefficient (Wildman–Crippen LogP) is 1.16. The number of rotatable bonds is 4. The van der Waals surface area contributed by atoms with Crippen molar-refractivity contribution in [3.8, 4) is 0 Å². The van der Waals surface area contributed by atoms with Gasteiger partial charge in [-0.25, -0.2) is 4.79 Å². The van der Waals surface area contributed by atoms with E-state index < -0.39 is 0 Å². The van der Waals surface area contributed by atoms with Gasteiger partial charge in [0.1, 0.15) is 0 Å². The SMILES string of the molecule is O=C(NCCn1ccnn1)N1CCN([C@H]2CCc3ccccc3C2)CC1. The fourth-order valence-electron chi connectivity index (χ4n) is 4.02. The molecule has 1 saturated heterocycles. The molecule has 138 valence electrons. The van der Waals surface area contributed by atoms with E-state index >= 15 is 0 Å². The summed E-state index contributed by atoms with van der Waals surface area (Å²) in [6, 6.07) is 9.44. The van der Waals surface area contributed by atoms with E-state index in [0.717, 1.165) is 32.6 Å². The number of piperazine rings is 1. The summed E-state index contributed by atoms with van der Waals surface area (Å²) in [6.45, 7) is 4.74. The van der Waals surface area contributed by atoms with Gasteiger partial charge in [0.25, 0.3) is 0 Å². The van der Waals surface area contributed by atoms with Gasteiger partial charge in [0.2, 0.25) is 0 Å². The van der Waals surface area contributed by atoms with Crippen LogP contribution >= 0.6 is 0 Å². The lowest BCUT2D eigenvalue weighted by molar-refractivity contribution is 0.101. The third kappa shape index (κ3) is 3.88. The van der Waals surface area contributed by atoms with Crippen LogP contribution in [0.2, 0.25) is 0 Å². The number of hydrogen-bond acceptors (Lipinski definition) is 4. The maximum absolute atomic E-state index is 12.3. The van der Waals surface area contributed by atoms with Gasteiger partial charge in [0.05, 0.1) is 12.7 Å². The monoisotopic (exact) mass is 354 g/mol. The Labute approximate surface area is 154 Å². The number of hydrogen-bond donors (Lipinski definition) is 1. The van der Waals surface area contributed by atoms with Crippen molar-refractivity contribution in [2.45, 2.75) is 31.8 Å². The number of nitrogens with one attached hydrogen (secondary N) is 1. The molecule has 2 aromatic rings. The number of aryl methyl sites for hydroxylation is 1. The zero-order chi connectivity index (χ0) is 17.8. The van der Waals surface area contributed by atoms with Gasteiger partial charge in [-0.1, -0.05) is 29.5 Å².